The molecule has 5 nitrogen and oxygen atoms in total. The molecule has 2 aromatic carbocycles. The van der Waals surface area contributed by atoms with Crippen molar-refractivity contribution in [3.8, 4) is 0 Å². The second kappa shape index (κ2) is 5.49. The Bertz CT molecular complexity index is 735. The lowest BCUT2D eigenvalue weighted by Gasteiger charge is -2.06. The van der Waals surface area contributed by atoms with Crippen molar-refractivity contribution < 1.29 is 4.79 Å². The molecule has 100 valence electrons. The standard InChI is InChI=1S/C14H11IN4O/c15-9-5-1-2-6-10(9)18-14(20)19-13-16-11-7-3-4-8-12(11)17-13/h1-8H,(H3,16,17,18,19,20). The monoisotopic (exact) mass is 378 g/mol. The number of para-hydroxylation sites is 3. The van der Waals surface area contributed by atoms with E-state index < -0.39 is 0 Å². The van der Waals surface area contributed by atoms with Gasteiger partial charge in [0.25, 0.3) is 0 Å². The summed E-state index contributed by atoms with van der Waals surface area (Å²) >= 11 is 2.17. The van der Waals surface area contributed by atoms with Crippen molar-refractivity contribution in [2.75, 3.05) is 10.6 Å². The number of aromatic nitrogens is 2. The van der Waals surface area contributed by atoms with E-state index in [-0.39, 0.29) is 6.03 Å². The molecule has 0 bridgehead atoms. The fraction of sp³-hybridized carbons (Fsp3) is 0. The summed E-state index contributed by atoms with van der Waals surface area (Å²) < 4.78 is 0.977. The Morgan fingerprint density at radius 1 is 1.05 bits per heavy atom. The van der Waals surface area contributed by atoms with Gasteiger partial charge in [-0.05, 0) is 46.9 Å². The van der Waals surface area contributed by atoms with Gasteiger partial charge in [0.05, 0.1) is 16.7 Å². The summed E-state index contributed by atoms with van der Waals surface area (Å²) in [6, 6.07) is 14.9. The fourth-order valence-electron chi connectivity index (χ4n) is 1.84. The van der Waals surface area contributed by atoms with E-state index in [4.69, 9.17) is 0 Å². The number of carbonyl (C=O) groups excluding carboxylic acids is 1. The number of halogens is 1. The molecule has 2 amide bonds. The summed E-state index contributed by atoms with van der Waals surface area (Å²) in [6.07, 6.45) is 0. The number of fused-ring (bicyclic) bond motifs is 1. The van der Waals surface area contributed by atoms with E-state index >= 15 is 0 Å². The quantitative estimate of drug-likeness (QED) is 0.594. The van der Waals surface area contributed by atoms with Crippen molar-refractivity contribution >= 4 is 51.3 Å². The number of H-pyrrole nitrogens is 1. The van der Waals surface area contributed by atoms with E-state index in [1.165, 1.54) is 0 Å². The molecule has 0 radical (unpaired) electrons. The number of anilines is 2. The number of nitrogens with one attached hydrogen (secondary N) is 3. The number of hydrogen-bond donors (Lipinski definition) is 3. The zero-order valence-electron chi connectivity index (χ0n) is 10.4. The van der Waals surface area contributed by atoms with Gasteiger partial charge in [-0.1, -0.05) is 24.3 Å². The first-order valence-electron chi connectivity index (χ1n) is 6.00. The van der Waals surface area contributed by atoms with Crippen LogP contribution in [0.3, 0.4) is 0 Å². The topological polar surface area (TPSA) is 69.8 Å². The highest BCUT2D eigenvalue weighted by Gasteiger charge is 2.08. The van der Waals surface area contributed by atoms with E-state index in [1.54, 1.807) is 0 Å². The summed E-state index contributed by atoms with van der Waals surface area (Å²) in [4.78, 5) is 19.3. The molecule has 3 rings (SSSR count). The Balaban J connectivity index is 1.74. The predicted molar refractivity (Wildman–Crippen MR) is 87.9 cm³/mol. The smallest absolute Gasteiger partial charge is 0.324 e. The van der Waals surface area contributed by atoms with E-state index in [0.29, 0.717) is 5.95 Å². The van der Waals surface area contributed by atoms with Crippen LogP contribution in [0.1, 0.15) is 0 Å². The normalized spacial score (nSPS) is 10.4. The van der Waals surface area contributed by atoms with Gasteiger partial charge >= 0.3 is 6.03 Å². The molecule has 0 fully saturated rings. The Labute approximate surface area is 128 Å². The predicted octanol–water partition coefficient (Wildman–Crippen LogP) is 3.81. The molecule has 0 aliphatic heterocycles. The Morgan fingerprint density at radius 3 is 2.60 bits per heavy atom. The number of benzene rings is 2. The minimum Gasteiger partial charge on any atom is -0.324 e. The van der Waals surface area contributed by atoms with Gasteiger partial charge in [-0.2, -0.15) is 0 Å². The zero-order valence-corrected chi connectivity index (χ0v) is 12.5. The van der Waals surface area contributed by atoms with Crippen LogP contribution in [0.2, 0.25) is 0 Å². The van der Waals surface area contributed by atoms with E-state index in [2.05, 4.69) is 43.2 Å². The number of aromatic amines is 1. The molecule has 0 aliphatic rings. The average molecular weight is 378 g/mol. The second-order valence-corrected chi connectivity index (χ2v) is 5.32. The number of amides is 2. The van der Waals surface area contributed by atoms with Gasteiger partial charge < -0.3 is 10.3 Å². The number of rotatable bonds is 2. The summed E-state index contributed by atoms with van der Waals surface area (Å²) in [7, 11) is 0. The SMILES string of the molecule is O=C(Nc1nc2ccccc2[nH]1)Nc1ccccc1I. The second-order valence-electron chi connectivity index (χ2n) is 4.16. The van der Waals surface area contributed by atoms with Gasteiger partial charge in [0.15, 0.2) is 0 Å². The summed E-state index contributed by atoms with van der Waals surface area (Å²) in [5.41, 5.74) is 2.47. The van der Waals surface area contributed by atoms with Crippen molar-refractivity contribution in [1.82, 2.24) is 9.97 Å². The molecule has 0 saturated heterocycles. The molecular formula is C14H11IN4O. The summed E-state index contributed by atoms with van der Waals surface area (Å²) in [5.74, 6) is 0.426. The molecule has 0 atom stereocenters. The molecular weight excluding hydrogens is 367 g/mol. The first kappa shape index (κ1) is 12.9. The maximum atomic E-state index is 11.9. The van der Waals surface area contributed by atoms with Crippen molar-refractivity contribution in [1.29, 1.82) is 0 Å². The van der Waals surface area contributed by atoms with Gasteiger partial charge in [-0.15, -0.1) is 0 Å². The molecule has 20 heavy (non-hydrogen) atoms. The van der Waals surface area contributed by atoms with Crippen LogP contribution in [0, 0.1) is 3.57 Å². The maximum absolute atomic E-state index is 11.9. The first-order valence-corrected chi connectivity index (χ1v) is 7.07. The Morgan fingerprint density at radius 2 is 1.80 bits per heavy atom. The number of carbonyl (C=O) groups is 1. The molecule has 0 spiro atoms. The lowest BCUT2D eigenvalue weighted by molar-refractivity contribution is 0.262. The van der Waals surface area contributed by atoms with Crippen LogP contribution in [0.15, 0.2) is 48.5 Å². The van der Waals surface area contributed by atoms with Crippen LogP contribution in [-0.4, -0.2) is 16.0 Å². The van der Waals surface area contributed by atoms with Gasteiger partial charge in [0.2, 0.25) is 5.95 Å². The van der Waals surface area contributed by atoms with Crippen molar-refractivity contribution in [3.63, 3.8) is 0 Å². The van der Waals surface area contributed by atoms with E-state index in [1.807, 2.05) is 48.5 Å². The Hall–Kier alpha value is -2.09. The molecule has 0 aliphatic carbocycles. The van der Waals surface area contributed by atoms with Crippen molar-refractivity contribution in [2.24, 2.45) is 0 Å². The van der Waals surface area contributed by atoms with Crippen LogP contribution >= 0.6 is 22.6 Å². The lowest BCUT2D eigenvalue weighted by atomic mass is 10.3. The number of urea groups is 1. The van der Waals surface area contributed by atoms with Crippen LogP contribution in [0.25, 0.3) is 11.0 Å². The summed E-state index contributed by atoms with van der Waals surface area (Å²) in [6.45, 7) is 0. The van der Waals surface area contributed by atoms with Crippen molar-refractivity contribution in [2.45, 2.75) is 0 Å². The van der Waals surface area contributed by atoms with Gasteiger partial charge in [0.1, 0.15) is 0 Å². The molecule has 6 heteroatoms. The van der Waals surface area contributed by atoms with E-state index in [0.717, 1.165) is 20.3 Å². The first-order chi connectivity index (χ1) is 9.72. The van der Waals surface area contributed by atoms with Gasteiger partial charge in [-0.25, -0.2) is 9.78 Å². The third-order valence-electron chi connectivity index (χ3n) is 2.74. The molecule has 1 heterocycles. The fourth-order valence-corrected chi connectivity index (χ4v) is 2.36. The zero-order chi connectivity index (χ0) is 13.9. The van der Waals surface area contributed by atoms with Crippen LogP contribution in [0.5, 0.6) is 0 Å². The minimum atomic E-state index is -0.326. The number of hydrogen-bond acceptors (Lipinski definition) is 2. The minimum absolute atomic E-state index is 0.326. The molecule has 0 unspecified atom stereocenters. The average Bonchev–Trinajstić information content (AvgIpc) is 2.83. The number of nitrogens with zero attached hydrogens (tertiary/aromatic N) is 1. The Kier molecular flexibility index (Phi) is 3.55. The molecule has 1 aromatic heterocycles. The highest BCUT2D eigenvalue weighted by molar-refractivity contribution is 14.1. The third-order valence-corrected chi connectivity index (χ3v) is 3.68. The van der Waals surface area contributed by atoms with Crippen LogP contribution < -0.4 is 10.6 Å². The number of imidazole rings is 1. The molecule has 3 aromatic rings. The third kappa shape index (κ3) is 2.74. The molecule has 3 N–H and O–H groups in total. The van der Waals surface area contributed by atoms with Gasteiger partial charge in [-0.3, -0.25) is 5.32 Å². The maximum Gasteiger partial charge on any atom is 0.326 e. The van der Waals surface area contributed by atoms with E-state index in [9.17, 15) is 4.79 Å². The highest BCUT2D eigenvalue weighted by atomic mass is 127. The summed E-state index contributed by atoms with van der Waals surface area (Å²) in [5, 5.41) is 5.47. The highest BCUT2D eigenvalue weighted by Crippen LogP contribution is 2.17. The largest absolute Gasteiger partial charge is 0.326 e. The van der Waals surface area contributed by atoms with Crippen LogP contribution in [0.4, 0.5) is 16.4 Å². The molecule has 0 saturated carbocycles. The van der Waals surface area contributed by atoms with Crippen LogP contribution in [-0.2, 0) is 0 Å². The van der Waals surface area contributed by atoms with Crippen molar-refractivity contribution in [3.05, 3.63) is 52.1 Å². The van der Waals surface area contributed by atoms with Gasteiger partial charge in [0, 0.05) is 3.57 Å². The lowest BCUT2D eigenvalue weighted by Crippen LogP contribution is -2.20.